The summed E-state index contributed by atoms with van der Waals surface area (Å²) in [4.78, 5) is 12.0. The number of aromatic nitrogens is 3. The Hall–Kier alpha value is -3.60. The summed E-state index contributed by atoms with van der Waals surface area (Å²) in [6.45, 7) is 2.14. The maximum Gasteiger partial charge on any atom is 0.161 e. The second kappa shape index (κ2) is 6.53. The van der Waals surface area contributed by atoms with Crippen LogP contribution in [0.5, 0.6) is 5.75 Å². The largest absolute Gasteiger partial charge is 0.497 e. The van der Waals surface area contributed by atoms with Crippen molar-refractivity contribution in [3.8, 4) is 28.2 Å². The van der Waals surface area contributed by atoms with E-state index in [1.165, 1.54) is 5.56 Å². The Kier molecular flexibility index (Phi) is 3.86. The summed E-state index contributed by atoms with van der Waals surface area (Å²) in [7, 11) is 1.68. The van der Waals surface area contributed by atoms with Gasteiger partial charge in [-0.2, -0.15) is 0 Å². The van der Waals surface area contributed by atoms with Gasteiger partial charge in [-0.25, -0.2) is 4.98 Å². The van der Waals surface area contributed by atoms with Gasteiger partial charge in [0, 0.05) is 23.4 Å². The number of furan rings is 1. The minimum Gasteiger partial charge on any atom is -0.497 e. The summed E-state index contributed by atoms with van der Waals surface area (Å²) in [5, 5.41) is 0. The first-order valence-corrected chi connectivity index (χ1v) is 9.26. The third-order valence-corrected chi connectivity index (χ3v) is 5.11. The van der Waals surface area contributed by atoms with E-state index in [0.717, 1.165) is 56.8 Å². The number of methoxy groups -OCH3 is 1. The SMILES string of the molecule is CCc1ccc(OC)cc1-c1cc2nccc(-c3ccc4nc[nH]c4c3)c2o1. The average molecular weight is 369 g/mol. The van der Waals surface area contributed by atoms with Crippen LogP contribution in [0.25, 0.3) is 44.6 Å². The highest BCUT2D eigenvalue weighted by atomic mass is 16.5. The number of hydrogen-bond acceptors (Lipinski definition) is 4. The Bertz CT molecular complexity index is 1300. The molecule has 5 aromatic rings. The summed E-state index contributed by atoms with van der Waals surface area (Å²) in [5.74, 6) is 1.61. The predicted molar refractivity (Wildman–Crippen MR) is 110 cm³/mol. The molecule has 0 amide bonds. The molecule has 28 heavy (non-hydrogen) atoms. The molecule has 5 nitrogen and oxygen atoms in total. The fourth-order valence-corrected chi connectivity index (χ4v) is 3.62. The Morgan fingerprint density at radius 1 is 0.964 bits per heavy atom. The van der Waals surface area contributed by atoms with Crippen LogP contribution in [0.2, 0.25) is 0 Å². The molecule has 0 saturated heterocycles. The van der Waals surface area contributed by atoms with E-state index in [1.807, 2.05) is 36.5 Å². The molecule has 0 aliphatic carbocycles. The number of rotatable bonds is 4. The highest BCUT2D eigenvalue weighted by Gasteiger charge is 2.15. The lowest BCUT2D eigenvalue weighted by molar-refractivity contribution is 0.414. The highest BCUT2D eigenvalue weighted by molar-refractivity contribution is 5.94. The standard InChI is InChI=1S/C23H19N3O2/c1-3-14-4-6-16(27-2)11-18(14)22-12-21-23(28-22)17(8-9-24-21)15-5-7-19-20(10-15)26-13-25-19/h4-13H,3H2,1-2H3,(H,25,26). The molecule has 0 radical (unpaired) electrons. The molecule has 0 aliphatic rings. The number of hydrogen-bond donors (Lipinski definition) is 1. The quantitative estimate of drug-likeness (QED) is 0.447. The van der Waals surface area contributed by atoms with Crippen LogP contribution in [0.4, 0.5) is 0 Å². The minimum atomic E-state index is 0.779. The zero-order valence-electron chi connectivity index (χ0n) is 15.7. The summed E-state index contributed by atoms with van der Waals surface area (Å²) in [5.41, 5.74) is 7.87. The normalized spacial score (nSPS) is 11.4. The number of fused-ring (bicyclic) bond motifs is 2. The van der Waals surface area contributed by atoms with Crippen LogP contribution in [-0.4, -0.2) is 22.1 Å². The molecule has 1 N–H and O–H groups in total. The van der Waals surface area contributed by atoms with Crippen molar-refractivity contribution in [1.29, 1.82) is 0 Å². The molecule has 0 aliphatic heterocycles. The van der Waals surface area contributed by atoms with Crippen LogP contribution in [-0.2, 0) is 6.42 Å². The smallest absolute Gasteiger partial charge is 0.161 e. The monoisotopic (exact) mass is 369 g/mol. The van der Waals surface area contributed by atoms with Crippen molar-refractivity contribution in [3.05, 3.63) is 66.6 Å². The van der Waals surface area contributed by atoms with Crippen molar-refractivity contribution in [2.45, 2.75) is 13.3 Å². The fraction of sp³-hybridized carbons (Fsp3) is 0.130. The van der Waals surface area contributed by atoms with Crippen molar-refractivity contribution in [2.24, 2.45) is 0 Å². The summed E-state index contributed by atoms with van der Waals surface area (Å²) < 4.78 is 11.7. The van der Waals surface area contributed by atoms with Gasteiger partial charge in [0.15, 0.2) is 5.58 Å². The van der Waals surface area contributed by atoms with Gasteiger partial charge in [-0.3, -0.25) is 4.98 Å². The van der Waals surface area contributed by atoms with Crippen molar-refractivity contribution in [1.82, 2.24) is 15.0 Å². The van der Waals surface area contributed by atoms with E-state index in [-0.39, 0.29) is 0 Å². The van der Waals surface area contributed by atoms with Crippen molar-refractivity contribution in [2.75, 3.05) is 7.11 Å². The third-order valence-electron chi connectivity index (χ3n) is 5.11. The first-order chi connectivity index (χ1) is 13.8. The molecule has 0 unspecified atom stereocenters. The molecule has 138 valence electrons. The second-order valence-corrected chi connectivity index (χ2v) is 6.69. The van der Waals surface area contributed by atoms with Crippen LogP contribution in [0.15, 0.2) is 65.5 Å². The van der Waals surface area contributed by atoms with Gasteiger partial charge in [0.2, 0.25) is 0 Å². The minimum absolute atomic E-state index is 0.779. The number of aromatic amines is 1. The van der Waals surface area contributed by atoms with E-state index >= 15 is 0 Å². The van der Waals surface area contributed by atoms with E-state index in [9.17, 15) is 0 Å². The number of H-pyrrole nitrogens is 1. The van der Waals surface area contributed by atoms with Gasteiger partial charge < -0.3 is 14.1 Å². The van der Waals surface area contributed by atoms with Gasteiger partial charge in [-0.05, 0) is 47.9 Å². The Morgan fingerprint density at radius 2 is 1.89 bits per heavy atom. The maximum absolute atomic E-state index is 6.33. The molecule has 0 saturated carbocycles. The zero-order chi connectivity index (χ0) is 19.1. The van der Waals surface area contributed by atoms with E-state index in [1.54, 1.807) is 13.4 Å². The van der Waals surface area contributed by atoms with Crippen LogP contribution in [0, 0.1) is 0 Å². The van der Waals surface area contributed by atoms with Gasteiger partial charge in [0.05, 0.1) is 24.5 Å². The Morgan fingerprint density at radius 3 is 2.75 bits per heavy atom. The lowest BCUT2D eigenvalue weighted by Gasteiger charge is -2.08. The molecule has 3 aromatic heterocycles. The Balaban J connectivity index is 1.69. The molecule has 5 rings (SSSR count). The molecule has 0 atom stereocenters. The molecule has 5 heteroatoms. The van der Waals surface area contributed by atoms with Gasteiger partial charge in [0.25, 0.3) is 0 Å². The molecule has 0 bridgehead atoms. The molecular formula is C23H19N3O2. The first kappa shape index (κ1) is 16.6. The van der Waals surface area contributed by atoms with Gasteiger partial charge in [-0.15, -0.1) is 0 Å². The van der Waals surface area contributed by atoms with Crippen LogP contribution >= 0.6 is 0 Å². The number of nitrogens with one attached hydrogen (secondary N) is 1. The first-order valence-electron chi connectivity index (χ1n) is 9.26. The van der Waals surface area contributed by atoms with Crippen molar-refractivity contribution >= 4 is 22.1 Å². The van der Waals surface area contributed by atoms with E-state index < -0.39 is 0 Å². The topological polar surface area (TPSA) is 63.9 Å². The molecule has 3 heterocycles. The number of benzene rings is 2. The van der Waals surface area contributed by atoms with Crippen molar-refractivity contribution in [3.63, 3.8) is 0 Å². The maximum atomic E-state index is 6.33. The van der Waals surface area contributed by atoms with Crippen LogP contribution < -0.4 is 4.74 Å². The number of nitrogens with zero attached hydrogens (tertiary/aromatic N) is 2. The molecule has 0 spiro atoms. The number of imidazole rings is 1. The summed E-state index contributed by atoms with van der Waals surface area (Å²) >= 11 is 0. The molecule has 2 aromatic carbocycles. The lowest BCUT2D eigenvalue weighted by Crippen LogP contribution is -1.89. The third kappa shape index (κ3) is 2.63. The second-order valence-electron chi connectivity index (χ2n) is 6.69. The fourth-order valence-electron chi connectivity index (χ4n) is 3.62. The van der Waals surface area contributed by atoms with Gasteiger partial charge in [-0.1, -0.05) is 19.1 Å². The molecule has 0 fully saturated rings. The number of ether oxygens (including phenoxy) is 1. The Labute approximate surface area is 162 Å². The predicted octanol–water partition coefficient (Wildman–Crippen LogP) is 5.61. The van der Waals surface area contributed by atoms with Crippen molar-refractivity contribution < 1.29 is 9.15 Å². The lowest BCUT2D eigenvalue weighted by atomic mass is 10.0. The van der Waals surface area contributed by atoms with Gasteiger partial charge in [0.1, 0.15) is 17.0 Å². The number of aryl methyl sites for hydroxylation is 1. The summed E-state index contributed by atoms with van der Waals surface area (Å²) in [6, 6.07) is 16.2. The molecular weight excluding hydrogens is 350 g/mol. The highest BCUT2D eigenvalue weighted by Crippen LogP contribution is 2.36. The average Bonchev–Trinajstić information content (AvgIpc) is 3.39. The van der Waals surface area contributed by atoms with E-state index in [2.05, 4.69) is 40.1 Å². The van der Waals surface area contributed by atoms with E-state index in [4.69, 9.17) is 9.15 Å². The zero-order valence-corrected chi connectivity index (χ0v) is 15.7. The van der Waals surface area contributed by atoms with Crippen LogP contribution in [0.1, 0.15) is 12.5 Å². The van der Waals surface area contributed by atoms with E-state index in [0.29, 0.717) is 0 Å². The number of pyridine rings is 1. The van der Waals surface area contributed by atoms with Gasteiger partial charge >= 0.3 is 0 Å². The summed E-state index contributed by atoms with van der Waals surface area (Å²) in [6.07, 6.45) is 4.43. The van der Waals surface area contributed by atoms with Crippen LogP contribution in [0.3, 0.4) is 0 Å².